The van der Waals surface area contributed by atoms with E-state index in [1.54, 1.807) is 11.8 Å². The summed E-state index contributed by atoms with van der Waals surface area (Å²) >= 11 is 0. The van der Waals surface area contributed by atoms with Crippen molar-refractivity contribution in [1.29, 1.82) is 0 Å². The van der Waals surface area contributed by atoms with Crippen molar-refractivity contribution >= 4 is 11.9 Å². The van der Waals surface area contributed by atoms with E-state index in [1.807, 2.05) is 0 Å². The average molecular weight is 215 g/mol. The minimum atomic E-state index is -0.181. The molecule has 3 N–H and O–H groups in total. The predicted molar refractivity (Wildman–Crippen MR) is 53.7 cm³/mol. The summed E-state index contributed by atoms with van der Waals surface area (Å²) in [6.07, 6.45) is 1.69. The molecule has 0 radical (unpaired) electrons. The Kier molecular flexibility index (Phi) is 4.55. The van der Waals surface area contributed by atoms with Gasteiger partial charge in [-0.15, -0.1) is 0 Å². The molecule has 1 saturated heterocycles. The van der Waals surface area contributed by atoms with Crippen LogP contribution >= 0.6 is 0 Å². The van der Waals surface area contributed by atoms with Crippen molar-refractivity contribution in [3.8, 4) is 0 Å². The van der Waals surface area contributed by atoms with E-state index < -0.39 is 0 Å². The number of hydrogen-bond donors (Lipinski definition) is 1. The summed E-state index contributed by atoms with van der Waals surface area (Å²) in [6, 6.07) is 0. The van der Waals surface area contributed by atoms with Gasteiger partial charge in [-0.05, 0) is 19.8 Å². The minimum Gasteiger partial charge on any atom is -0.466 e. The van der Waals surface area contributed by atoms with Gasteiger partial charge < -0.3 is 15.4 Å². The summed E-state index contributed by atoms with van der Waals surface area (Å²) in [5, 5.41) is 0. The van der Waals surface area contributed by atoms with Crippen LogP contribution in [0.15, 0.2) is 0 Å². The van der Waals surface area contributed by atoms with Crippen LogP contribution in [0.5, 0.6) is 0 Å². The monoisotopic (exact) mass is 215 g/mol. The number of esters is 1. The van der Waals surface area contributed by atoms with Crippen LogP contribution in [0.1, 0.15) is 19.8 Å². The second-order valence-electron chi connectivity index (χ2n) is 3.68. The minimum absolute atomic E-state index is 0.0176. The highest BCUT2D eigenvalue weighted by atomic mass is 16.5. The number of ether oxygens (including phenoxy) is 1. The largest absolute Gasteiger partial charge is 0.466 e. The lowest BCUT2D eigenvalue weighted by molar-refractivity contribution is -0.357. The van der Waals surface area contributed by atoms with Crippen molar-refractivity contribution in [1.82, 2.24) is 4.90 Å². The lowest BCUT2D eigenvalue weighted by atomic mass is 9.98. The van der Waals surface area contributed by atoms with Crippen LogP contribution in [0.4, 0.5) is 0 Å². The second kappa shape index (κ2) is 5.70. The summed E-state index contributed by atoms with van der Waals surface area (Å²) in [5.41, 5.74) is 3.56. The zero-order valence-corrected chi connectivity index (χ0v) is 9.20. The van der Waals surface area contributed by atoms with Crippen molar-refractivity contribution in [2.24, 2.45) is 5.92 Å². The van der Waals surface area contributed by atoms with E-state index in [0.29, 0.717) is 13.2 Å². The molecule has 15 heavy (non-hydrogen) atoms. The number of carbonyl (C=O) groups is 2. The number of quaternary nitrogens is 1. The lowest BCUT2D eigenvalue weighted by Gasteiger charge is -2.30. The topological polar surface area (TPSA) is 74.2 Å². The van der Waals surface area contributed by atoms with Gasteiger partial charge in [-0.1, -0.05) is 0 Å². The normalized spacial score (nSPS) is 21.2. The summed E-state index contributed by atoms with van der Waals surface area (Å²) in [6.45, 7) is 3.69. The van der Waals surface area contributed by atoms with E-state index >= 15 is 0 Å². The maximum atomic E-state index is 11.5. The molecule has 0 spiro atoms. The molecule has 5 nitrogen and oxygen atoms in total. The molecule has 0 saturated carbocycles. The third-order valence-corrected chi connectivity index (χ3v) is 2.61. The molecule has 1 heterocycles. The quantitative estimate of drug-likeness (QED) is 0.615. The maximum absolute atomic E-state index is 11.5. The van der Waals surface area contributed by atoms with Crippen molar-refractivity contribution < 1.29 is 20.1 Å². The molecule has 0 aromatic heterocycles. The maximum Gasteiger partial charge on any atom is 0.310 e. The number of hydrogen-bond acceptors (Lipinski definition) is 3. The first-order chi connectivity index (χ1) is 7.19. The van der Waals surface area contributed by atoms with Crippen molar-refractivity contribution in [3.05, 3.63) is 0 Å². The Labute approximate surface area is 89.6 Å². The van der Waals surface area contributed by atoms with Crippen LogP contribution in [0, 0.1) is 5.92 Å². The molecule has 1 amide bonds. The number of nitrogens with zero attached hydrogens (tertiary/aromatic N) is 1. The zero-order valence-electron chi connectivity index (χ0n) is 9.20. The van der Waals surface area contributed by atoms with Crippen molar-refractivity contribution in [3.63, 3.8) is 0 Å². The van der Waals surface area contributed by atoms with E-state index in [0.717, 1.165) is 19.4 Å². The summed E-state index contributed by atoms with van der Waals surface area (Å²) in [5.74, 6) is -0.308. The highest BCUT2D eigenvalue weighted by Gasteiger charge is 2.29. The van der Waals surface area contributed by atoms with Gasteiger partial charge in [-0.2, -0.15) is 0 Å². The molecular formula is C10H19N2O3+. The standard InChI is InChI=1S/C10H18N2O3/c1-2-15-10(14)8-4-3-5-12(7-8)9(13)6-11/h8H,2-7,11H2,1H3/p+1/t8-/m0/s1. The molecule has 0 aliphatic carbocycles. The number of rotatable bonds is 3. The third-order valence-electron chi connectivity index (χ3n) is 2.61. The van der Waals surface area contributed by atoms with Gasteiger partial charge in [0.05, 0.1) is 12.5 Å². The fourth-order valence-electron chi connectivity index (χ4n) is 1.81. The number of amides is 1. The highest BCUT2D eigenvalue weighted by Crippen LogP contribution is 2.17. The smallest absolute Gasteiger partial charge is 0.310 e. The van der Waals surface area contributed by atoms with Crippen molar-refractivity contribution in [2.45, 2.75) is 19.8 Å². The Balaban J connectivity index is 2.48. The van der Waals surface area contributed by atoms with Gasteiger partial charge in [0.2, 0.25) is 0 Å². The van der Waals surface area contributed by atoms with Gasteiger partial charge in [-0.25, -0.2) is 0 Å². The molecule has 0 bridgehead atoms. The molecular weight excluding hydrogens is 196 g/mol. The van der Waals surface area contributed by atoms with E-state index in [9.17, 15) is 9.59 Å². The first-order valence-electron chi connectivity index (χ1n) is 5.42. The zero-order chi connectivity index (χ0) is 11.3. The molecule has 86 valence electrons. The van der Waals surface area contributed by atoms with Gasteiger partial charge in [0.25, 0.3) is 5.91 Å². The van der Waals surface area contributed by atoms with Gasteiger partial charge in [0.15, 0.2) is 6.54 Å². The SMILES string of the molecule is CCOC(=O)[C@H]1CCCN(C(=O)C[NH3+])C1. The first kappa shape index (κ1) is 12.0. The second-order valence-corrected chi connectivity index (χ2v) is 3.68. The lowest BCUT2D eigenvalue weighted by Crippen LogP contribution is -2.59. The first-order valence-corrected chi connectivity index (χ1v) is 5.42. The molecule has 0 aromatic rings. The number of carbonyl (C=O) groups excluding carboxylic acids is 2. The van der Waals surface area contributed by atoms with Crippen LogP contribution in [0.3, 0.4) is 0 Å². The molecule has 1 atom stereocenters. The van der Waals surface area contributed by atoms with Gasteiger partial charge >= 0.3 is 5.97 Å². The molecule has 1 aliphatic heterocycles. The van der Waals surface area contributed by atoms with E-state index in [1.165, 1.54) is 0 Å². The Hall–Kier alpha value is -1.10. The summed E-state index contributed by atoms with van der Waals surface area (Å²) < 4.78 is 4.95. The van der Waals surface area contributed by atoms with Gasteiger partial charge in [0.1, 0.15) is 0 Å². The third kappa shape index (κ3) is 3.20. The Bertz CT molecular complexity index is 243. The fourth-order valence-corrected chi connectivity index (χ4v) is 1.81. The van der Waals surface area contributed by atoms with Crippen LogP contribution in [0.2, 0.25) is 0 Å². The molecule has 1 rings (SSSR count). The molecule has 1 aliphatic rings. The Morgan fingerprint density at radius 1 is 1.53 bits per heavy atom. The highest BCUT2D eigenvalue weighted by molar-refractivity contribution is 5.79. The summed E-state index contributed by atoms with van der Waals surface area (Å²) in [4.78, 5) is 24.6. The van der Waals surface area contributed by atoms with E-state index in [4.69, 9.17) is 4.74 Å². The summed E-state index contributed by atoms with van der Waals surface area (Å²) in [7, 11) is 0. The van der Waals surface area contributed by atoms with Crippen molar-refractivity contribution in [2.75, 3.05) is 26.2 Å². The van der Waals surface area contributed by atoms with E-state index in [2.05, 4.69) is 5.73 Å². The number of likely N-dealkylation sites (tertiary alicyclic amines) is 1. The Morgan fingerprint density at radius 3 is 2.87 bits per heavy atom. The molecule has 0 aromatic carbocycles. The van der Waals surface area contributed by atoms with Crippen LogP contribution < -0.4 is 5.73 Å². The van der Waals surface area contributed by atoms with E-state index in [-0.39, 0.29) is 24.3 Å². The van der Waals surface area contributed by atoms with Gasteiger partial charge in [-0.3, -0.25) is 9.59 Å². The average Bonchev–Trinajstić information content (AvgIpc) is 2.28. The predicted octanol–water partition coefficient (Wildman–Crippen LogP) is -0.970. The number of piperidine rings is 1. The van der Waals surface area contributed by atoms with Crippen LogP contribution in [-0.2, 0) is 14.3 Å². The molecule has 1 fully saturated rings. The van der Waals surface area contributed by atoms with Crippen LogP contribution in [-0.4, -0.2) is 43.0 Å². The van der Waals surface area contributed by atoms with Gasteiger partial charge in [0, 0.05) is 13.1 Å². The molecule has 5 heteroatoms. The fraction of sp³-hybridized carbons (Fsp3) is 0.800. The van der Waals surface area contributed by atoms with Crippen LogP contribution in [0.25, 0.3) is 0 Å². The Morgan fingerprint density at radius 2 is 2.27 bits per heavy atom. The molecule has 0 unspecified atom stereocenters.